The van der Waals surface area contributed by atoms with Crippen LogP contribution in [0.4, 0.5) is 0 Å². The number of halogens is 2. The molecule has 0 aliphatic rings. The van der Waals surface area contributed by atoms with Gasteiger partial charge < -0.3 is 4.74 Å². The fraction of sp³-hybridized carbons (Fsp3) is 0.500. The van der Waals surface area contributed by atoms with Crippen molar-refractivity contribution in [2.45, 2.75) is 32.4 Å². The maximum absolute atomic E-state index is 6.12. The van der Waals surface area contributed by atoms with E-state index in [0.717, 1.165) is 5.56 Å². The van der Waals surface area contributed by atoms with Crippen LogP contribution in [0.5, 0.6) is 0 Å². The number of ether oxygens (including phenoxy) is 1. The van der Waals surface area contributed by atoms with Gasteiger partial charge in [0.2, 0.25) is 0 Å². The van der Waals surface area contributed by atoms with Crippen molar-refractivity contribution in [1.82, 2.24) is 5.43 Å². The van der Waals surface area contributed by atoms with E-state index in [1.807, 2.05) is 26.0 Å². The third-order valence-corrected chi connectivity index (χ3v) is 3.25. The van der Waals surface area contributed by atoms with Gasteiger partial charge in [0.25, 0.3) is 0 Å². The maximum Gasteiger partial charge on any atom is 0.0716 e. The number of nitrogens with two attached hydrogens (primary N) is 1. The average molecular weight is 277 g/mol. The summed E-state index contributed by atoms with van der Waals surface area (Å²) in [7, 11) is 0. The summed E-state index contributed by atoms with van der Waals surface area (Å²) in [5.41, 5.74) is 3.77. The maximum atomic E-state index is 6.12. The molecule has 2 atom stereocenters. The minimum absolute atomic E-state index is 0.0219. The number of rotatable bonds is 6. The van der Waals surface area contributed by atoms with Gasteiger partial charge in [-0.05, 0) is 38.0 Å². The molecule has 96 valence electrons. The molecule has 0 heterocycles. The zero-order valence-corrected chi connectivity index (χ0v) is 11.6. The molecule has 17 heavy (non-hydrogen) atoms. The van der Waals surface area contributed by atoms with Gasteiger partial charge in [0.15, 0.2) is 0 Å². The van der Waals surface area contributed by atoms with Crippen LogP contribution >= 0.6 is 23.2 Å². The summed E-state index contributed by atoms with van der Waals surface area (Å²) in [5, 5.41) is 1.29. The van der Waals surface area contributed by atoms with Crippen LogP contribution in [0.1, 0.15) is 19.4 Å². The highest BCUT2D eigenvalue weighted by molar-refractivity contribution is 6.35. The molecule has 0 radical (unpaired) electrons. The fourth-order valence-electron chi connectivity index (χ4n) is 1.66. The minimum atomic E-state index is 0.0219. The summed E-state index contributed by atoms with van der Waals surface area (Å²) in [6.07, 6.45) is 0.727. The number of hydrazine groups is 1. The van der Waals surface area contributed by atoms with E-state index < -0.39 is 0 Å². The number of hydrogen-bond donors (Lipinski definition) is 2. The topological polar surface area (TPSA) is 47.3 Å². The van der Waals surface area contributed by atoms with E-state index in [1.165, 1.54) is 0 Å². The molecule has 3 N–H and O–H groups in total. The lowest BCUT2D eigenvalue weighted by Crippen LogP contribution is -2.45. The van der Waals surface area contributed by atoms with Crippen molar-refractivity contribution in [2.75, 3.05) is 6.61 Å². The van der Waals surface area contributed by atoms with Gasteiger partial charge in [-0.2, -0.15) is 0 Å². The molecular weight excluding hydrogens is 259 g/mol. The highest BCUT2D eigenvalue weighted by Crippen LogP contribution is 2.22. The molecule has 0 aliphatic heterocycles. The predicted molar refractivity (Wildman–Crippen MR) is 72.4 cm³/mol. The van der Waals surface area contributed by atoms with E-state index in [9.17, 15) is 0 Å². The van der Waals surface area contributed by atoms with Crippen LogP contribution < -0.4 is 11.3 Å². The molecule has 0 amide bonds. The molecule has 1 aromatic rings. The first-order chi connectivity index (χ1) is 8.08. The van der Waals surface area contributed by atoms with Crippen molar-refractivity contribution >= 4 is 23.2 Å². The summed E-state index contributed by atoms with van der Waals surface area (Å²) in [5.74, 6) is 5.53. The van der Waals surface area contributed by atoms with Crippen LogP contribution in [0.3, 0.4) is 0 Å². The highest BCUT2D eigenvalue weighted by Gasteiger charge is 2.17. The Morgan fingerprint density at radius 1 is 1.41 bits per heavy atom. The SMILES string of the molecule is CCOC(C)C(Cc1ccc(Cl)cc1Cl)NN. The summed E-state index contributed by atoms with van der Waals surface area (Å²) in [4.78, 5) is 0. The summed E-state index contributed by atoms with van der Waals surface area (Å²) < 4.78 is 5.52. The molecule has 2 unspecified atom stereocenters. The van der Waals surface area contributed by atoms with Crippen molar-refractivity contribution in [3.05, 3.63) is 33.8 Å². The van der Waals surface area contributed by atoms with E-state index >= 15 is 0 Å². The summed E-state index contributed by atoms with van der Waals surface area (Å²) in [6.45, 7) is 4.60. The van der Waals surface area contributed by atoms with Crippen molar-refractivity contribution in [3.63, 3.8) is 0 Å². The van der Waals surface area contributed by atoms with E-state index in [2.05, 4.69) is 5.43 Å². The Hall–Kier alpha value is -0.320. The zero-order chi connectivity index (χ0) is 12.8. The molecule has 0 bridgehead atoms. The lowest BCUT2D eigenvalue weighted by atomic mass is 10.0. The van der Waals surface area contributed by atoms with Crippen molar-refractivity contribution < 1.29 is 4.74 Å². The molecule has 1 aromatic carbocycles. The third-order valence-electron chi connectivity index (χ3n) is 2.67. The second-order valence-electron chi connectivity index (χ2n) is 3.87. The van der Waals surface area contributed by atoms with E-state index in [4.69, 9.17) is 33.8 Å². The van der Waals surface area contributed by atoms with Crippen molar-refractivity contribution in [3.8, 4) is 0 Å². The van der Waals surface area contributed by atoms with Gasteiger partial charge >= 0.3 is 0 Å². The van der Waals surface area contributed by atoms with Gasteiger partial charge in [0, 0.05) is 16.7 Å². The van der Waals surface area contributed by atoms with Crippen LogP contribution in [0, 0.1) is 0 Å². The van der Waals surface area contributed by atoms with Gasteiger partial charge in [-0.1, -0.05) is 29.3 Å². The Morgan fingerprint density at radius 3 is 2.65 bits per heavy atom. The summed E-state index contributed by atoms with van der Waals surface area (Å²) >= 11 is 12.0. The Balaban J connectivity index is 2.73. The van der Waals surface area contributed by atoms with Crippen molar-refractivity contribution in [1.29, 1.82) is 0 Å². The second kappa shape index (κ2) is 7.19. The van der Waals surface area contributed by atoms with E-state index in [-0.39, 0.29) is 12.1 Å². The summed E-state index contributed by atoms with van der Waals surface area (Å²) in [6, 6.07) is 5.49. The van der Waals surface area contributed by atoms with Crippen molar-refractivity contribution in [2.24, 2.45) is 5.84 Å². The smallest absolute Gasteiger partial charge is 0.0716 e. The quantitative estimate of drug-likeness (QED) is 0.621. The Labute approximate surface area is 112 Å². The Morgan fingerprint density at radius 2 is 2.12 bits per heavy atom. The number of nitrogens with one attached hydrogen (secondary N) is 1. The van der Waals surface area contributed by atoms with Crippen LogP contribution in [-0.2, 0) is 11.2 Å². The monoisotopic (exact) mass is 276 g/mol. The first-order valence-corrected chi connectivity index (χ1v) is 6.35. The molecule has 0 aromatic heterocycles. The predicted octanol–water partition coefficient (Wildman–Crippen LogP) is 2.79. The molecule has 0 aliphatic carbocycles. The van der Waals surface area contributed by atoms with Gasteiger partial charge in [0.05, 0.1) is 12.1 Å². The second-order valence-corrected chi connectivity index (χ2v) is 4.72. The van der Waals surface area contributed by atoms with Gasteiger partial charge in [0.1, 0.15) is 0 Å². The number of benzene rings is 1. The lowest BCUT2D eigenvalue weighted by molar-refractivity contribution is 0.0476. The fourth-order valence-corrected chi connectivity index (χ4v) is 2.15. The molecule has 0 saturated heterocycles. The van der Waals surface area contributed by atoms with Crippen LogP contribution in [-0.4, -0.2) is 18.8 Å². The molecular formula is C12H18Cl2N2O. The van der Waals surface area contributed by atoms with E-state index in [1.54, 1.807) is 6.07 Å². The molecule has 5 heteroatoms. The average Bonchev–Trinajstić information content (AvgIpc) is 2.28. The van der Waals surface area contributed by atoms with Crippen LogP contribution in [0.2, 0.25) is 10.0 Å². The van der Waals surface area contributed by atoms with Gasteiger partial charge in [-0.25, -0.2) is 0 Å². The molecule has 1 rings (SSSR count). The third kappa shape index (κ3) is 4.45. The van der Waals surface area contributed by atoms with E-state index in [0.29, 0.717) is 23.1 Å². The lowest BCUT2D eigenvalue weighted by Gasteiger charge is -2.23. The number of hydrogen-bond acceptors (Lipinski definition) is 3. The first-order valence-electron chi connectivity index (χ1n) is 5.60. The first kappa shape index (κ1) is 14.7. The molecule has 0 fully saturated rings. The van der Waals surface area contributed by atoms with Gasteiger partial charge in [-0.3, -0.25) is 11.3 Å². The Bertz CT molecular complexity index is 360. The Kier molecular flexibility index (Phi) is 6.23. The molecule has 3 nitrogen and oxygen atoms in total. The van der Waals surface area contributed by atoms with Gasteiger partial charge in [-0.15, -0.1) is 0 Å². The highest BCUT2D eigenvalue weighted by atomic mass is 35.5. The largest absolute Gasteiger partial charge is 0.377 e. The standard InChI is InChI=1S/C12H18Cl2N2O/c1-3-17-8(2)12(16-15)6-9-4-5-10(13)7-11(9)14/h4-5,7-8,12,16H,3,6,15H2,1-2H3. The minimum Gasteiger partial charge on any atom is -0.377 e. The van der Waals surface area contributed by atoms with Crippen LogP contribution in [0.25, 0.3) is 0 Å². The molecule has 0 spiro atoms. The van der Waals surface area contributed by atoms with Crippen LogP contribution in [0.15, 0.2) is 18.2 Å². The normalized spacial score (nSPS) is 14.6. The molecule has 0 saturated carbocycles. The zero-order valence-electron chi connectivity index (χ0n) is 10.0.